The number of hydrogen-bond donors (Lipinski definition) is 0. The van der Waals surface area contributed by atoms with Crippen molar-refractivity contribution in [2.45, 2.75) is 45.1 Å². The molecule has 1 spiro atoms. The third-order valence-corrected chi connectivity index (χ3v) is 6.97. The van der Waals surface area contributed by atoms with Crippen LogP contribution in [0.4, 0.5) is 0 Å². The number of amides is 1. The zero-order valence-corrected chi connectivity index (χ0v) is 16.5. The summed E-state index contributed by atoms with van der Waals surface area (Å²) in [5.74, 6) is 2.04. The van der Waals surface area contributed by atoms with E-state index in [2.05, 4.69) is 15.0 Å². The van der Waals surface area contributed by atoms with Crippen LogP contribution >= 0.6 is 0 Å². The zero-order valence-electron chi connectivity index (χ0n) is 16.5. The fourth-order valence-electron chi connectivity index (χ4n) is 5.14. The number of carbonyl (C=O) groups is 1. The summed E-state index contributed by atoms with van der Waals surface area (Å²) >= 11 is 0. The van der Waals surface area contributed by atoms with Crippen molar-refractivity contribution in [1.82, 2.24) is 15.0 Å². The Bertz CT molecular complexity index is 829. The summed E-state index contributed by atoms with van der Waals surface area (Å²) in [7, 11) is 0. The van der Waals surface area contributed by atoms with Gasteiger partial charge in [-0.2, -0.15) is 0 Å². The Morgan fingerprint density at radius 3 is 2.75 bits per heavy atom. The largest absolute Gasteiger partial charge is 0.359 e. The molecule has 5 rings (SSSR count). The van der Waals surface area contributed by atoms with Gasteiger partial charge in [0, 0.05) is 31.3 Å². The number of rotatable bonds is 5. The van der Waals surface area contributed by atoms with Crippen molar-refractivity contribution < 1.29 is 9.32 Å². The first-order valence-corrected chi connectivity index (χ1v) is 10.7. The van der Waals surface area contributed by atoms with Gasteiger partial charge in [-0.25, -0.2) is 0 Å². The molecule has 5 nitrogen and oxygen atoms in total. The molecule has 0 radical (unpaired) electrons. The second-order valence-electron chi connectivity index (χ2n) is 8.94. The second-order valence-corrected chi connectivity index (χ2v) is 8.94. The van der Waals surface area contributed by atoms with E-state index in [4.69, 9.17) is 4.52 Å². The van der Waals surface area contributed by atoms with E-state index in [1.807, 2.05) is 36.4 Å². The van der Waals surface area contributed by atoms with E-state index >= 15 is 0 Å². The Morgan fingerprint density at radius 2 is 1.96 bits per heavy atom. The maximum Gasteiger partial charge on any atom is 0.230 e. The van der Waals surface area contributed by atoms with Gasteiger partial charge >= 0.3 is 0 Å². The van der Waals surface area contributed by atoms with Crippen molar-refractivity contribution in [3.05, 3.63) is 42.2 Å². The van der Waals surface area contributed by atoms with Crippen molar-refractivity contribution in [1.29, 1.82) is 0 Å². The van der Waals surface area contributed by atoms with Crippen molar-refractivity contribution in [3.8, 4) is 11.3 Å². The first kappa shape index (κ1) is 17.9. The van der Waals surface area contributed by atoms with E-state index in [9.17, 15) is 4.79 Å². The Labute approximate surface area is 166 Å². The molecule has 1 saturated carbocycles. The molecular formula is C23H29N3O2. The Hall–Kier alpha value is -2.14. The molecule has 148 valence electrons. The second kappa shape index (κ2) is 7.36. The van der Waals surface area contributed by atoms with Gasteiger partial charge in [0.15, 0.2) is 5.76 Å². The highest BCUT2D eigenvalue weighted by Crippen LogP contribution is 2.41. The Kier molecular flexibility index (Phi) is 4.71. The van der Waals surface area contributed by atoms with E-state index in [1.54, 1.807) is 0 Å². The van der Waals surface area contributed by atoms with Crippen LogP contribution in [0.15, 0.2) is 40.9 Å². The third-order valence-electron chi connectivity index (χ3n) is 6.97. The van der Waals surface area contributed by atoms with Crippen LogP contribution in [-0.2, 0) is 11.3 Å². The maximum absolute atomic E-state index is 13.3. The first-order valence-electron chi connectivity index (χ1n) is 10.7. The lowest BCUT2D eigenvalue weighted by Crippen LogP contribution is -2.51. The summed E-state index contributed by atoms with van der Waals surface area (Å²) in [6.07, 6.45) is 7.11. The van der Waals surface area contributed by atoms with Gasteiger partial charge in [0.2, 0.25) is 5.91 Å². The summed E-state index contributed by atoms with van der Waals surface area (Å²) in [4.78, 5) is 17.8. The summed E-state index contributed by atoms with van der Waals surface area (Å²) in [5.41, 5.74) is 1.79. The van der Waals surface area contributed by atoms with E-state index < -0.39 is 0 Å². The normalized spacial score (nSPS) is 26.1. The fourth-order valence-corrected chi connectivity index (χ4v) is 5.14. The fraction of sp³-hybridized carbons (Fsp3) is 0.565. The van der Waals surface area contributed by atoms with Crippen LogP contribution in [0, 0.1) is 11.3 Å². The van der Waals surface area contributed by atoms with E-state index in [-0.39, 0.29) is 5.41 Å². The SMILES string of the molecule is O=C1N(CC2CCC2)CCC[C@@]12CCN(Cc1cc(-c3ccccc3)no1)C2. The minimum Gasteiger partial charge on any atom is -0.359 e. The molecule has 1 atom stereocenters. The molecule has 28 heavy (non-hydrogen) atoms. The molecular weight excluding hydrogens is 350 g/mol. The summed E-state index contributed by atoms with van der Waals surface area (Å²) in [6, 6.07) is 12.2. The van der Waals surface area contributed by atoms with Crippen molar-refractivity contribution in [2.24, 2.45) is 11.3 Å². The van der Waals surface area contributed by atoms with Gasteiger partial charge in [-0.05, 0) is 44.6 Å². The summed E-state index contributed by atoms with van der Waals surface area (Å²) < 4.78 is 5.59. The molecule has 1 aromatic heterocycles. The average molecular weight is 380 g/mol. The topological polar surface area (TPSA) is 49.6 Å². The van der Waals surface area contributed by atoms with Gasteiger partial charge < -0.3 is 9.42 Å². The first-order chi connectivity index (χ1) is 13.7. The zero-order chi connectivity index (χ0) is 19.0. The Balaban J connectivity index is 1.23. The number of hydrogen-bond acceptors (Lipinski definition) is 4. The molecule has 0 bridgehead atoms. The molecule has 2 aromatic rings. The molecule has 1 aliphatic carbocycles. The molecule has 3 heterocycles. The number of likely N-dealkylation sites (tertiary alicyclic amines) is 2. The van der Waals surface area contributed by atoms with Gasteiger partial charge in [-0.15, -0.1) is 0 Å². The molecule has 3 fully saturated rings. The molecule has 0 N–H and O–H groups in total. The van der Waals surface area contributed by atoms with Gasteiger partial charge in [-0.3, -0.25) is 9.69 Å². The number of nitrogens with zero attached hydrogens (tertiary/aromatic N) is 3. The molecule has 5 heteroatoms. The third kappa shape index (κ3) is 3.37. The van der Waals surface area contributed by atoms with E-state index in [0.29, 0.717) is 5.91 Å². The van der Waals surface area contributed by atoms with Gasteiger partial charge in [-0.1, -0.05) is 41.9 Å². The van der Waals surface area contributed by atoms with Crippen LogP contribution in [0.25, 0.3) is 11.3 Å². The number of piperidine rings is 1. The maximum atomic E-state index is 13.3. The highest BCUT2D eigenvalue weighted by molar-refractivity contribution is 5.84. The van der Waals surface area contributed by atoms with Gasteiger partial charge in [0.05, 0.1) is 12.0 Å². The number of carbonyl (C=O) groups excluding carboxylic acids is 1. The lowest BCUT2D eigenvalue weighted by Gasteiger charge is -2.42. The van der Waals surface area contributed by atoms with Gasteiger partial charge in [0.1, 0.15) is 5.69 Å². The van der Waals surface area contributed by atoms with Crippen LogP contribution < -0.4 is 0 Å². The van der Waals surface area contributed by atoms with Crippen molar-refractivity contribution in [2.75, 3.05) is 26.2 Å². The average Bonchev–Trinajstić information content (AvgIpc) is 3.31. The molecule has 2 aliphatic heterocycles. The van der Waals surface area contributed by atoms with E-state index in [1.165, 1.54) is 19.3 Å². The van der Waals surface area contributed by atoms with E-state index in [0.717, 1.165) is 74.9 Å². The predicted molar refractivity (Wildman–Crippen MR) is 107 cm³/mol. The van der Waals surface area contributed by atoms with Crippen molar-refractivity contribution >= 4 is 5.91 Å². The molecule has 2 saturated heterocycles. The highest BCUT2D eigenvalue weighted by Gasteiger charge is 2.48. The quantitative estimate of drug-likeness (QED) is 0.789. The summed E-state index contributed by atoms with van der Waals surface area (Å²) in [6.45, 7) is 4.50. The minimum absolute atomic E-state index is 0.162. The molecule has 3 aliphatic rings. The molecule has 0 unspecified atom stereocenters. The lowest BCUT2D eigenvalue weighted by molar-refractivity contribution is -0.146. The molecule has 1 amide bonds. The number of aromatic nitrogens is 1. The lowest BCUT2D eigenvalue weighted by atomic mass is 9.77. The standard InChI is InChI=1S/C23H29N3O2/c27-22-23(10-5-12-26(22)15-18-6-4-7-18)11-13-25(17-23)16-20-14-21(24-28-20)19-8-2-1-3-9-19/h1-3,8-9,14,18H,4-7,10-13,15-17H2/t23-/m0/s1. The minimum atomic E-state index is -0.162. The van der Waals surface area contributed by atoms with Crippen molar-refractivity contribution in [3.63, 3.8) is 0 Å². The smallest absolute Gasteiger partial charge is 0.230 e. The highest BCUT2D eigenvalue weighted by atomic mass is 16.5. The van der Waals surface area contributed by atoms with Crippen LogP contribution in [0.1, 0.15) is 44.3 Å². The van der Waals surface area contributed by atoms with Crippen LogP contribution in [-0.4, -0.2) is 47.0 Å². The predicted octanol–water partition coefficient (Wildman–Crippen LogP) is 3.96. The van der Waals surface area contributed by atoms with Crippen LogP contribution in [0.3, 0.4) is 0 Å². The molecule has 1 aromatic carbocycles. The summed E-state index contributed by atoms with van der Waals surface area (Å²) in [5, 5.41) is 4.23. The number of benzene rings is 1. The monoisotopic (exact) mass is 379 g/mol. The van der Waals surface area contributed by atoms with Crippen LogP contribution in [0.5, 0.6) is 0 Å². The Morgan fingerprint density at radius 1 is 1.11 bits per heavy atom. The van der Waals surface area contributed by atoms with Crippen LogP contribution in [0.2, 0.25) is 0 Å². The van der Waals surface area contributed by atoms with Gasteiger partial charge in [0.25, 0.3) is 0 Å².